The van der Waals surface area contributed by atoms with Crippen LogP contribution in [-0.4, -0.2) is 37.6 Å². The normalized spacial score (nSPS) is 19.2. The van der Waals surface area contributed by atoms with E-state index in [1.807, 2.05) is 11.0 Å². The van der Waals surface area contributed by atoms with Gasteiger partial charge in [-0.25, -0.2) is 0 Å². The predicted octanol–water partition coefficient (Wildman–Crippen LogP) is 2.14. The molecule has 98 valence electrons. The molecule has 18 heavy (non-hydrogen) atoms. The van der Waals surface area contributed by atoms with Crippen molar-refractivity contribution in [2.45, 2.75) is 6.42 Å². The number of benzene rings is 1. The van der Waals surface area contributed by atoms with Crippen molar-refractivity contribution in [1.82, 2.24) is 4.90 Å². The summed E-state index contributed by atoms with van der Waals surface area (Å²) in [6.45, 7) is 2.23. The number of halogens is 1. The fraction of sp³-hybridized carbons (Fsp3) is 0.462. The van der Waals surface area contributed by atoms with E-state index in [4.69, 9.17) is 10.5 Å². The first kappa shape index (κ1) is 13.4. The first-order valence-corrected chi connectivity index (χ1v) is 6.74. The smallest absolute Gasteiger partial charge is 0.255 e. The third kappa shape index (κ3) is 2.84. The summed E-state index contributed by atoms with van der Waals surface area (Å²) < 4.78 is 6.00. The number of carbonyl (C=O) groups excluding carboxylic acids is 1. The topological polar surface area (TPSA) is 55.6 Å². The lowest BCUT2D eigenvalue weighted by atomic mass is 10.1. The average molecular weight is 313 g/mol. The van der Waals surface area contributed by atoms with Crippen LogP contribution >= 0.6 is 15.9 Å². The Morgan fingerprint density at radius 2 is 2.39 bits per heavy atom. The second-order valence-electron chi connectivity index (χ2n) is 4.59. The molecule has 2 rings (SSSR count). The molecule has 5 heteroatoms. The molecule has 0 aromatic heterocycles. The molecule has 0 aliphatic carbocycles. The van der Waals surface area contributed by atoms with Crippen LogP contribution in [0.5, 0.6) is 0 Å². The van der Waals surface area contributed by atoms with Gasteiger partial charge in [0.15, 0.2) is 0 Å². The molecule has 0 bridgehead atoms. The van der Waals surface area contributed by atoms with Gasteiger partial charge in [0.25, 0.3) is 5.91 Å². The fourth-order valence-corrected chi connectivity index (χ4v) is 2.63. The van der Waals surface area contributed by atoms with Gasteiger partial charge in [0.05, 0.1) is 12.2 Å². The minimum Gasteiger partial charge on any atom is -0.398 e. The van der Waals surface area contributed by atoms with Gasteiger partial charge in [-0.2, -0.15) is 0 Å². The maximum absolute atomic E-state index is 12.4. The van der Waals surface area contributed by atoms with E-state index < -0.39 is 0 Å². The number of rotatable bonds is 3. The number of anilines is 1. The summed E-state index contributed by atoms with van der Waals surface area (Å²) in [4.78, 5) is 14.2. The van der Waals surface area contributed by atoms with Crippen molar-refractivity contribution in [1.29, 1.82) is 0 Å². The van der Waals surface area contributed by atoms with Crippen molar-refractivity contribution in [3.8, 4) is 0 Å². The van der Waals surface area contributed by atoms with E-state index in [-0.39, 0.29) is 5.91 Å². The van der Waals surface area contributed by atoms with E-state index in [0.29, 0.717) is 23.8 Å². The van der Waals surface area contributed by atoms with E-state index in [1.54, 1.807) is 19.2 Å². The minimum atomic E-state index is 0.00685. The minimum absolute atomic E-state index is 0.00685. The van der Waals surface area contributed by atoms with Crippen molar-refractivity contribution in [2.24, 2.45) is 5.92 Å². The molecule has 1 heterocycles. The lowest BCUT2D eigenvalue weighted by Gasteiger charge is -2.17. The van der Waals surface area contributed by atoms with Crippen molar-refractivity contribution in [2.75, 3.05) is 32.5 Å². The van der Waals surface area contributed by atoms with Crippen molar-refractivity contribution in [3.63, 3.8) is 0 Å². The molecular weight excluding hydrogens is 296 g/mol. The molecule has 1 aliphatic heterocycles. The highest BCUT2D eigenvalue weighted by Gasteiger charge is 2.27. The average Bonchev–Trinajstić information content (AvgIpc) is 2.80. The van der Waals surface area contributed by atoms with Crippen molar-refractivity contribution < 1.29 is 9.53 Å². The summed E-state index contributed by atoms with van der Waals surface area (Å²) in [5, 5.41) is 0. The fourth-order valence-electron chi connectivity index (χ4n) is 2.27. The number of methoxy groups -OCH3 is 1. The maximum Gasteiger partial charge on any atom is 0.255 e. The first-order chi connectivity index (χ1) is 8.61. The van der Waals surface area contributed by atoms with Gasteiger partial charge in [-0.15, -0.1) is 0 Å². The third-order valence-corrected chi connectivity index (χ3v) is 3.71. The Bertz CT molecular complexity index is 451. The highest BCUT2D eigenvalue weighted by Crippen LogP contribution is 2.23. The largest absolute Gasteiger partial charge is 0.398 e. The maximum atomic E-state index is 12.4. The van der Waals surface area contributed by atoms with Crippen LogP contribution in [0.4, 0.5) is 5.69 Å². The molecule has 1 aromatic rings. The number of hydrogen-bond donors (Lipinski definition) is 1. The van der Waals surface area contributed by atoms with E-state index in [2.05, 4.69) is 15.9 Å². The summed E-state index contributed by atoms with van der Waals surface area (Å²) in [5.41, 5.74) is 6.96. The molecular formula is C13H17BrN2O2. The van der Waals surface area contributed by atoms with Crippen LogP contribution in [0.3, 0.4) is 0 Å². The Morgan fingerprint density at radius 1 is 1.61 bits per heavy atom. The number of nitrogens with zero attached hydrogens (tertiary/aromatic N) is 1. The van der Waals surface area contributed by atoms with Crippen LogP contribution in [-0.2, 0) is 4.74 Å². The molecule has 1 aromatic carbocycles. The summed E-state index contributed by atoms with van der Waals surface area (Å²) in [7, 11) is 1.69. The monoisotopic (exact) mass is 312 g/mol. The molecule has 1 unspecified atom stereocenters. The number of carbonyl (C=O) groups is 1. The Balaban J connectivity index is 2.10. The zero-order chi connectivity index (χ0) is 13.1. The number of likely N-dealkylation sites (tertiary alicyclic amines) is 1. The molecule has 1 aliphatic rings. The number of nitrogen functional groups attached to an aromatic ring is 1. The van der Waals surface area contributed by atoms with Gasteiger partial charge in [-0.1, -0.05) is 15.9 Å². The highest BCUT2D eigenvalue weighted by atomic mass is 79.9. The van der Waals surface area contributed by atoms with Gasteiger partial charge in [-0.3, -0.25) is 4.79 Å². The van der Waals surface area contributed by atoms with E-state index in [1.165, 1.54) is 0 Å². The van der Waals surface area contributed by atoms with E-state index >= 15 is 0 Å². The van der Waals surface area contributed by atoms with Gasteiger partial charge >= 0.3 is 0 Å². The molecule has 0 saturated carbocycles. The molecule has 1 amide bonds. The summed E-state index contributed by atoms with van der Waals surface area (Å²) in [6, 6.07) is 5.37. The van der Waals surface area contributed by atoms with Crippen LogP contribution in [0.1, 0.15) is 16.8 Å². The molecule has 0 radical (unpaired) electrons. The summed E-state index contributed by atoms with van der Waals surface area (Å²) >= 11 is 3.36. The van der Waals surface area contributed by atoms with Gasteiger partial charge in [0.2, 0.25) is 0 Å². The van der Waals surface area contributed by atoms with Crippen molar-refractivity contribution >= 4 is 27.5 Å². The predicted molar refractivity (Wildman–Crippen MR) is 74.4 cm³/mol. The zero-order valence-electron chi connectivity index (χ0n) is 10.4. The molecule has 1 saturated heterocycles. The van der Waals surface area contributed by atoms with E-state index in [0.717, 1.165) is 24.0 Å². The Kier molecular flexibility index (Phi) is 4.24. The van der Waals surface area contributed by atoms with Gasteiger partial charge in [0.1, 0.15) is 0 Å². The molecule has 0 spiro atoms. The standard InChI is InChI=1S/C13H17BrN2O2/c1-18-8-9-4-5-16(7-9)13(17)11-6-10(14)2-3-12(11)15/h2-3,6,9H,4-5,7-8,15H2,1H3. The molecule has 1 atom stereocenters. The summed E-state index contributed by atoms with van der Waals surface area (Å²) in [6.07, 6.45) is 0.994. The highest BCUT2D eigenvalue weighted by molar-refractivity contribution is 9.10. The number of amides is 1. The molecule has 1 fully saturated rings. The first-order valence-electron chi connectivity index (χ1n) is 5.95. The van der Waals surface area contributed by atoms with Crippen molar-refractivity contribution in [3.05, 3.63) is 28.2 Å². The number of nitrogens with two attached hydrogens (primary N) is 1. The van der Waals surface area contributed by atoms with Gasteiger partial charge in [0, 0.05) is 36.3 Å². The van der Waals surface area contributed by atoms with Crippen LogP contribution in [0.25, 0.3) is 0 Å². The lowest BCUT2D eigenvalue weighted by Crippen LogP contribution is -2.29. The lowest BCUT2D eigenvalue weighted by molar-refractivity contribution is 0.0776. The van der Waals surface area contributed by atoms with Gasteiger partial charge < -0.3 is 15.4 Å². The Morgan fingerprint density at radius 3 is 3.11 bits per heavy atom. The van der Waals surface area contributed by atoms with Crippen LogP contribution < -0.4 is 5.73 Å². The van der Waals surface area contributed by atoms with Crippen LogP contribution in [0.15, 0.2) is 22.7 Å². The quantitative estimate of drug-likeness (QED) is 0.870. The molecule has 2 N–H and O–H groups in total. The SMILES string of the molecule is COCC1CCN(C(=O)c2cc(Br)ccc2N)C1. The second kappa shape index (κ2) is 5.71. The Labute approximate surface area is 115 Å². The molecule has 4 nitrogen and oxygen atoms in total. The van der Waals surface area contributed by atoms with Crippen LogP contribution in [0.2, 0.25) is 0 Å². The van der Waals surface area contributed by atoms with Gasteiger partial charge in [-0.05, 0) is 24.6 Å². The summed E-state index contributed by atoms with van der Waals surface area (Å²) in [5.74, 6) is 0.444. The number of hydrogen-bond acceptors (Lipinski definition) is 3. The third-order valence-electron chi connectivity index (χ3n) is 3.22. The Hall–Kier alpha value is -1.07. The zero-order valence-corrected chi connectivity index (χ0v) is 11.9. The van der Waals surface area contributed by atoms with E-state index in [9.17, 15) is 4.79 Å². The van der Waals surface area contributed by atoms with Crippen LogP contribution in [0, 0.1) is 5.92 Å². The second-order valence-corrected chi connectivity index (χ2v) is 5.51. The number of ether oxygens (including phenoxy) is 1.